The fraction of sp³-hybridized carbons (Fsp3) is 0.292. The highest BCUT2D eigenvalue weighted by molar-refractivity contribution is 5.89. The second-order valence-corrected chi connectivity index (χ2v) is 7.61. The third-order valence-electron chi connectivity index (χ3n) is 5.53. The minimum absolute atomic E-state index is 0.0638. The average Bonchev–Trinajstić information content (AvgIpc) is 3.28. The summed E-state index contributed by atoms with van der Waals surface area (Å²) in [7, 11) is 0. The van der Waals surface area contributed by atoms with Crippen LogP contribution in [0.15, 0.2) is 77.4 Å². The monoisotopic (exact) mass is 407 g/mol. The van der Waals surface area contributed by atoms with Gasteiger partial charge in [-0.05, 0) is 42.7 Å². The molecule has 0 unspecified atom stereocenters. The zero-order chi connectivity index (χ0) is 20.8. The SMILES string of the molecule is O=C(Nc1ccccc1F)N(Cc1ccco1)C1CCN(Cc2ccccc2)CC1. The highest BCUT2D eigenvalue weighted by Gasteiger charge is 2.29. The van der Waals surface area contributed by atoms with E-state index in [0.717, 1.165) is 32.5 Å². The predicted octanol–water partition coefficient (Wildman–Crippen LogP) is 5.12. The molecule has 5 nitrogen and oxygen atoms in total. The van der Waals surface area contributed by atoms with Crippen molar-refractivity contribution in [3.8, 4) is 0 Å². The molecule has 0 aliphatic carbocycles. The number of furan rings is 1. The molecular weight excluding hydrogens is 381 g/mol. The third-order valence-corrected chi connectivity index (χ3v) is 5.53. The van der Waals surface area contributed by atoms with Crippen molar-refractivity contribution in [3.63, 3.8) is 0 Å². The number of rotatable bonds is 6. The normalized spacial score (nSPS) is 15.1. The Morgan fingerprint density at radius 1 is 1.03 bits per heavy atom. The first kappa shape index (κ1) is 20.2. The number of anilines is 1. The van der Waals surface area contributed by atoms with E-state index in [1.165, 1.54) is 11.6 Å². The average molecular weight is 407 g/mol. The molecule has 0 bridgehead atoms. The summed E-state index contributed by atoms with van der Waals surface area (Å²) in [6.45, 7) is 3.08. The zero-order valence-electron chi connectivity index (χ0n) is 16.8. The Labute approximate surface area is 176 Å². The van der Waals surface area contributed by atoms with Crippen LogP contribution < -0.4 is 5.32 Å². The molecular formula is C24H26FN3O2. The molecule has 6 heteroatoms. The predicted molar refractivity (Wildman–Crippen MR) is 114 cm³/mol. The van der Waals surface area contributed by atoms with Gasteiger partial charge in [0.25, 0.3) is 0 Å². The lowest BCUT2D eigenvalue weighted by atomic mass is 10.0. The van der Waals surface area contributed by atoms with Gasteiger partial charge in [0.1, 0.15) is 11.6 Å². The van der Waals surface area contributed by atoms with Crippen molar-refractivity contribution in [2.24, 2.45) is 0 Å². The van der Waals surface area contributed by atoms with Crippen molar-refractivity contribution in [1.82, 2.24) is 9.80 Å². The minimum Gasteiger partial charge on any atom is -0.467 e. The highest BCUT2D eigenvalue weighted by Crippen LogP contribution is 2.23. The summed E-state index contributed by atoms with van der Waals surface area (Å²) in [4.78, 5) is 17.2. The van der Waals surface area contributed by atoms with Crippen LogP contribution in [0.2, 0.25) is 0 Å². The Bertz CT molecular complexity index is 938. The Kier molecular flexibility index (Phi) is 6.44. The number of amides is 2. The number of benzene rings is 2. The first-order chi connectivity index (χ1) is 14.7. The Balaban J connectivity index is 1.42. The number of nitrogens with zero attached hydrogens (tertiary/aromatic N) is 2. The number of hydrogen-bond acceptors (Lipinski definition) is 3. The van der Waals surface area contributed by atoms with E-state index in [9.17, 15) is 9.18 Å². The largest absolute Gasteiger partial charge is 0.467 e. The van der Waals surface area contributed by atoms with Crippen LogP contribution in [0.1, 0.15) is 24.2 Å². The lowest BCUT2D eigenvalue weighted by molar-refractivity contribution is 0.115. The minimum atomic E-state index is -0.443. The van der Waals surface area contributed by atoms with E-state index in [4.69, 9.17) is 4.42 Å². The van der Waals surface area contributed by atoms with Gasteiger partial charge in [-0.3, -0.25) is 4.90 Å². The third kappa shape index (κ3) is 5.07. The van der Waals surface area contributed by atoms with Gasteiger partial charge in [0.05, 0.1) is 18.5 Å². The van der Waals surface area contributed by atoms with Gasteiger partial charge in [-0.15, -0.1) is 0 Å². The molecule has 0 spiro atoms. The van der Waals surface area contributed by atoms with Crippen LogP contribution in [0, 0.1) is 5.82 Å². The molecule has 4 rings (SSSR count). The molecule has 0 saturated carbocycles. The lowest BCUT2D eigenvalue weighted by Gasteiger charge is -2.38. The van der Waals surface area contributed by atoms with E-state index in [1.54, 1.807) is 29.4 Å². The van der Waals surface area contributed by atoms with E-state index in [0.29, 0.717) is 12.3 Å². The first-order valence-corrected chi connectivity index (χ1v) is 10.3. The van der Waals surface area contributed by atoms with E-state index in [1.807, 2.05) is 18.2 Å². The fourth-order valence-electron chi connectivity index (χ4n) is 3.92. The molecule has 1 fully saturated rings. The molecule has 1 N–H and O–H groups in total. The standard InChI is InChI=1S/C24H26FN3O2/c25-22-10-4-5-11-23(22)26-24(29)28(18-21-9-6-16-30-21)20-12-14-27(15-13-20)17-19-7-2-1-3-8-19/h1-11,16,20H,12-15,17-18H2,(H,26,29). The molecule has 1 aliphatic rings. The van der Waals surface area contributed by atoms with Gasteiger partial charge in [0, 0.05) is 25.7 Å². The molecule has 30 heavy (non-hydrogen) atoms. The Morgan fingerprint density at radius 3 is 2.47 bits per heavy atom. The molecule has 1 saturated heterocycles. The molecule has 156 valence electrons. The van der Waals surface area contributed by atoms with E-state index >= 15 is 0 Å². The maximum Gasteiger partial charge on any atom is 0.322 e. The Hall–Kier alpha value is -3.12. The van der Waals surface area contributed by atoms with Crippen molar-refractivity contribution in [2.45, 2.75) is 32.0 Å². The van der Waals surface area contributed by atoms with Gasteiger partial charge in [0.15, 0.2) is 0 Å². The van der Waals surface area contributed by atoms with Crippen molar-refractivity contribution in [2.75, 3.05) is 18.4 Å². The van der Waals surface area contributed by atoms with E-state index < -0.39 is 5.82 Å². The number of carbonyl (C=O) groups excluding carboxylic acids is 1. The fourth-order valence-corrected chi connectivity index (χ4v) is 3.92. The van der Waals surface area contributed by atoms with Crippen LogP contribution in [0.4, 0.5) is 14.9 Å². The van der Waals surface area contributed by atoms with Crippen LogP contribution in [-0.2, 0) is 13.1 Å². The van der Waals surface area contributed by atoms with Crippen molar-refractivity contribution in [1.29, 1.82) is 0 Å². The number of piperidine rings is 1. The summed E-state index contributed by atoms with van der Waals surface area (Å²) in [5, 5.41) is 2.73. The molecule has 3 aromatic rings. The smallest absolute Gasteiger partial charge is 0.322 e. The number of halogens is 1. The number of likely N-dealkylation sites (tertiary alicyclic amines) is 1. The second kappa shape index (κ2) is 9.59. The summed E-state index contributed by atoms with van der Waals surface area (Å²) in [5.74, 6) is 0.270. The van der Waals surface area contributed by atoms with Crippen LogP contribution in [-0.4, -0.2) is 35.0 Å². The van der Waals surface area contributed by atoms with Crippen LogP contribution in [0.5, 0.6) is 0 Å². The number of hydrogen-bond donors (Lipinski definition) is 1. The molecule has 0 atom stereocenters. The van der Waals surface area contributed by atoms with Gasteiger partial charge < -0.3 is 14.6 Å². The van der Waals surface area contributed by atoms with E-state index in [-0.39, 0.29) is 17.8 Å². The maximum atomic E-state index is 14.0. The number of nitrogens with one attached hydrogen (secondary N) is 1. The quantitative estimate of drug-likeness (QED) is 0.617. The van der Waals surface area contributed by atoms with Gasteiger partial charge >= 0.3 is 6.03 Å². The van der Waals surface area contributed by atoms with Crippen LogP contribution >= 0.6 is 0 Å². The first-order valence-electron chi connectivity index (χ1n) is 10.3. The van der Waals surface area contributed by atoms with Crippen molar-refractivity contribution < 1.29 is 13.6 Å². The molecule has 2 heterocycles. The molecule has 2 aromatic carbocycles. The number of para-hydroxylation sites is 1. The molecule has 2 amide bonds. The summed E-state index contributed by atoms with van der Waals surface area (Å²) < 4.78 is 19.5. The molecule has 0 radical (unpaired) electrons. The van der Waals surface area contributed by atoms with Gasteiger partial charge in [-0.2, -0.15) is 0 Å². The molecule has 1 aliphatic heterocycles. The summed E-state index contributed by atoms with van der Waals surface area (Å²) in [5.41, 5.74) is 1.48. The molecule has 1 aromatic heterocycles. The summed E-state index contributed by atoms with van der Waals surface area (Å²) >= 11 is 0. The number of carbonyl (C=O) groups is 1. The summed E-state index contributed by atoms with van der Waals surface area (Å²) in [6, 6.07) is 20.1. The highest BCUT2D eigenvalue weighted by atomic mass is 19.1. The maximum absolute atomic E-state index is 14.0. The second-order valence-electron chi connectivity index (χ2n) is 7.61. The van der Waals surface area contributed by atoms with Gasteiger partial charge in [-0.1, -0.05) is 42.5 Å². The number of urea groups is 1. The topological polar surface area (TPSA) is 48.7 Å². The van der Waals surface area contributed by atoms with E-state index in [2.05, 4.69) is 34.5 Å². The zero-order valence-corrected chi connectivity index (χ0v) is 16.8. The van der Waals surface area contributed by atoms with Gasteiger partial charge in [-0.25, -0.2) is 9.18 Å². The van der Waals surface area contributed by atoms with Crippen LogP contribution in [0.25, 0.3) is 0 Å². The summed E-state index contributed by atoms with van der Waals surface area (Å²) in [6.07, 6.45) is 3.32. The van der Waals surface area contributed by atoms with Crippen molar-refractivity contribution in [3.05, 3.63) is 90.1 Å². The van der Waals surface area contributed by atoms with Gasteiger partial charge in [0.2, 0.25) is 0 Å². The van der Waals surface area contributed by atoms with Crippen molar-refractivity contribution >= 4 is 11.7 Å². The van der Waals surface area contributed by atoms with Crippen LogP contribution in [0.3, 0.4) is 0 Å². The lowest BCUT2D eigenvalue weighted by Crippen LogP contribution is -2.48. The Morgan fingerprint density at radius 2 is 1.77 bits per heavy atom.